The minimum Gasteiger partial charge on any atom is -0.444 e. The molecule has 0 aliphatic heterocycles. The number of hydrazine groups is 2. The molecule has 0 atom stereocenters. The van der Waals surface area contributed by atoms with Gasteiger partial charge in [-0.25, -0.2) is 4.79 Å². The molecule has 0 heterocycles. The van der Waals surface area contributed by atoms with Crippen molar-refractivity contribution in [2.24, 2.45) is 11.7 Å². The molecule has 0 saturated carbocycles. The number of ether oxygens (including phenoxy) is 1. The number of nitrogens with zero attached hydrogens (tertiary/aromatic N) is 1. The molecule has 0 unspecified atom stereocenters. The molecule has 5 N–H and O–H groups in total. The van der Waals surface area contributed by atoms with Crippen LogP contribution in [0.15, 0.2) is 0 Å². The summed E-state index contributed by atoms with van der Waals surface area (Å²) >= 11 is 0. The number of carbonyl (C=O) groups is 1. The van der Waals surface area contributed by atoms with Crippen LogP contribution in [0, 0.1) is 0 Å². The first kappa shape index (κ1) is 12.2. The van der Waals surface area contributed by atoms with E-state index in [1.165, 1.54) is 0 Å². The maximum atomic E-state index is 11.0. The van der Waals surface area contributed by atoms with Crippen LogP contribution in [0.1, 0.15) is 20.8 Å². The molecule has 6 heteroatoms. The van der Waals surface area contributed by atoms with Crippen molar-refractivity contribution in [3.05, 3.63) is 0 Å². The fourth-order valence-corrected chi connectivity index (χ4v) is 0.601. The Morgan fingerprint density at radius 3 is 2.38 bits per heavy atom. The molecule has 0 spiro atoms. The number of amides is 1. The van der Waals surface area contributed by atoms with Crippen LogP contribution in [0.25, 0.3) is 0 Å². The minimum atomic E-state index is -0.477. The smallest absolute Gasteiger partial charge is 0.407 e. The molecular weight excluding hydrogens is 172 g/mol. The summed E-state index contributed by atoms with van der Waals surface area (Å²) in [6.45, 7) is 6.13. The Labute approximate surface area is 78.1 Å². The summed E-state index contributed by atoms with van der Waals surface area (Å²) < 4.78 is 4.97. The molecule has 0 saturated heterocycles. The van der Waals surface area contributed by atoms with Crippen molar-refractivity contribution < 1.29 is 9.53 Å². The molecule has 1 amide bonds. The lowest BCUT2D eigenvalue weighted by Gasteiger charge is -2.20. The zero-order valence-corrected chi connectivity index (χ0v) is 8.33. The third kappa shape index (κ3) is 9.06. The topological polar surface area (TPSA) is 93.6 Å². The largest absolute Gasteiger partial charge is 0.444 e. The van der Waals surface area contributed by atoms with E-state index in [1.54, 1.807) is 20.8 Å². The Hall–Kier alpha value is -0.850. The van der Waals surface area contributed by atoms with Crippen molar-refractivity contribution in [3.63, 3.8) is 0 Å². The highest BCUT2D eigenvalue weighted by atomic mass is 16.6. The fraction of sp³-hybridized carbons (Fsp3) is 0.857. The normalized spacial score (nSPS) is 11.5. The number of nitrogens with one attached hydrogen (secondary N) is 1. The van der Waals surface area contributed by atoms with Crippen LogP contribution < -0.4 is 17.0 Å². The molecule has 0 fully saturated rings. The summed E-state index contributed by atoms with van der Waals surface area (Å²) in [6, 6.07) is 0. The summed E-state index contributed by atoms with van der Waals surface area (Å²) in [7, 11) is 0. The van der Waals surface area contributed by atoms with Gasteiger partial charge in [0.25, 0.3) is 0 Å². The first-order valence-corrected chi connectivity index (χ1v) is 4.05. The predicted octanol–water partition coefficient (Wildman–Crippen LogP) is -0.439. The molecule has 6 nitrogen and oxygen atoms in total. The second-order valence-electron chi connectivity index (χ2n) is 3.67. The maximum Gasteiger partial charge on any atom is 0.407 e. The molecule has 0 radical (unpaired) electrons. The number of nitrogens with two attached hydrogens (primary N) is 2. The zero-order chi connectivity index (χ0) is 10.5. The molecule has 0 aromatic carbocycles. The van der Waals surface area contributed by atoms with Gasteiger partial charge in [-0.3, -0.25) is 11.7 Å². The van der Waals surface area contributed by atoms with Gasteiger partial charge >= 0.3 is 6.09 Å². The van der Waals surface area contributed by atoms with Crippen molar-refractivity contribution in [3.8, 4) is 0 Å². The van der Waals surface area contributed by atoms with Crippen molar-refractivity contribution in [2.45, 2.75) is 26.4 Å². The second kappa shape index (κ2) is 5.00. The van der Waals surface area contributed by atoms with Gasteiger partial charge in [0.05, 0.1) is 0 Å². The number of hydrogen-bond donors (Lipinski definition) is 3. The number of carbonyl (C=O) groups excluding carboxylic acids is 1. The van der Waals surface area contributed by atoms with Crippen molar-refractivity contribution in [1.29, 1.82) is 0 Å². The number of rotatable bonds is 3. The third-order valence-electron chi connectivity index (χ3n) is 1.04. The van der Waals surface area contributed by atoms with Crippen LogP contribution in [-0.4, -0.2) is 29.9 Å². The van der Waals surface area contributed by atoms with Crippen LogP contribution in [0.5, 0.6) is 0 Å². The van der Waals surface area contributed by atoms with E-state index in [1.807, 2.05) is 0 Å². The molecule has 0 aliphatic rings. The van der Waals surface area contributed by atoms with E-state index in [2.05, 4.69) is 5.32 Å². The average Bonchev–Trinajstić information content (AvgIpc) is 1.81. The first-order valence-electron chi connectivity index (χ1n) is 4.05. The van der Waals surface area contributed by atoms with E-state index >= 15 is 0 Å². The highest BCUT2D eigenvalue weighted by Crippen LogP contribution is 2.05. The lowest BCUT2D eigenvalue weighted by Crippen LogP contribution is -2.44. The first-order chi connectivity index (χ1) is 5.81. The van der Waals surface area contributed by atoms with Crippen LogP contribution in [-0.2, 0) is 4.74 Å². The Morgan fingerprint density at radius 2 is 2.00 bits per heavy atom. The van der Waals surface area contributed by atoms with Crippen molar-refractivity contribution in [1.82, 2.24) is 10.4 Å². The van der Waals surface area contributed by atoms with E-state index in [0.29, 0.717) is 13.1 Å². The van der Waals surface area contributed by atoms with Gasteiger partial charge in [-0.15, -0.1) is 0 Å². The van der Waals surface area contributed by atoms with Gasteiger partial charge in [-0.2, -0.15) is 5.12 Å². The monoisotopic (exact) mass is 190 g/mol. The van der Waals surface area contributed by atoms with E-state index in [9.17, 15) is 4.79 Å². The molecule has 13 heavy (non-hydrogen) atoms. The number of alkyl carbamates (subject to hydrolysis) is 1. The Kier molecular flexibility index (Phi) is 4.68. The highest BCUT2D eigenvalue weighted by molar-refractivity contribution is 5.67. The van der Waals surface area contributed by atoms with Gasteiger partial charge in [0.2, 0.25) is 0 Å². The van der Waals surface area contributed by atoms with Gasteiger partial charge in [-0.05, 0) is 20.8 Å². The van der Waals surface area contributed by atoms with Crippen LogP contribution in [0.4, 0.5) is 4.79 Å². The van der Waals surface area contributed by atoms with Gasteiger partial charge in [0, 0.05) is 13.1 Å². The quantitative estimate of drug-likeness (QED) is 0.414. The predicted molar refractivity (Wildman–Crippen MR) is 49.3 cm³/mol. The van der Waals surface area contributed by atoms with Gasteiger partial charge < -0.3 is 10.1 Å². The van der Waals surface area contributed by atoms with Crippen LogP contribution >= 0.6 is 0 Å². The van der Waals surface area contributed by atoms with Crippen molar-refractivity contribution in [2.75, 3.05) is 13.1 Å². The Balaban J connectivity index is 3.53. The molecule has 78 valence electrons. The Morgan fingerprint density at radius 1 is 1.46 bits per heavy atom. The standard InChI is InChI=1S/C7H18N4O2/c1-7(2,3)13-6(12)10-4-5-11(8)9/h4-5,8-9H2,1-3H3,(H,10,12). The van der Waals surface area contributed by atoms with E-state index < -0.39 is 11.7 Å². The molecule has 0 aliphatic carbocycles. The van der Waals surface area contributed by atoms with Gasteiger partial charge in [0.1, 0.15) is 5.60 Å². The molecular formula is C7H18N4O2. The summed E-state index contributed by atoms with van der Waals surface area (Å²) in [5.74, 6) is 10.2. The summed E-state index contributed by atoms with van der Waals surface area (Å²) in [6.07, 6.45) is -0.464. The summed E-state index contributed by atoms with van der Waals surface area (Å²) in [4.78, 5) is 11.0. The number of hydrogen-bond acceptors (Lipinski definition) is 5. The second-order valence-corrected chi connectivity index (χ2v) is 3.67. The summed E-state index contributed by atoms with van der Waals surface area (Å²) in [5.41, 5.74) is -0.477. The highest BCUT2D eigenvalue weighted by Gasteiger charge is 2.15. The maximum absolute atomic E-state index is 11.0. The molecule has 0 rings (SSSR count). The fourth-order valence-electron chi connectivity index (χ4n) is 0.601. The lowest BCUT2D eigenvalue weighted by atomic mass is 10.2. The van der Waals surface area contributed by atoms with Gasteiger partial charge in [-0.1, -0.05) is 0 Å². The zero-order valence-electron chi connectivity index (χ0n) is 8.33. The minimum absolute atomic E-state index is 0.363. The van der Waals surface area contributed by atoms with E-state index in [-0.39, 0.29) is 0 Å². The van der Waals surface area contributed by atoms with E-state index in [0.717, 1.165) is 5.12 Å². The van der Waals surface area contributed by atoms with Crippen LogP contribution in [0.2, 0.25) is 0 Å². The van der Waals surface area contributed by atoms with Gasteiger partial charge in [0.15, 0.2) is 0 Å². The Bertz CT molecular complexity index is 164. The lowest BCUT2D eigenvalue weighted by molar-refractivity contribution is 0.0522. The van der Waals surface area contributed by atoms with Crippen molar-refractivity contribution >= 4 is 6.09 Å². The summed E-state index contributed by atoms with van der Waals surface area (Å²) in [5, 5.41) is 3.51. The molecule has 0 aromatic rings. The van der Waals surface area contributed by atoms with Crippen LogP contribution in [0.3, 0.4) is 0 Å². The SMILES string of the molecule is CC(C)(C)OC(=O)NCCN(N)N. The molecule has 0 aromatic heterocycles. The van der Waals surface area contributed by atoms with E-state index in [4.69, 9.17) is 16.4 Å². The molecule has 0 bridgehead atoms. The average molecular weight is 190 g/mol. The third-order valence-corrected chi connectivity index (χ3v) is 1.04.